The van der Waals surface area contributed by atoms with Crippen molar-refractivity contribution < 1.29 is 4.79 Å². The van der Waals surface area contributed by atoms with Gasteiger partial charge in [0.1, 0.15) is 0 Å². The SMILES string of the molecule is CCC(C)(C)C1CCC(NC(=O)CSc2nnnn2-c2ccccc2)CC1. The number of hydrogen-bond acceptors (Lipinski definition) is 5. The van der Waals surface area contributed by atoms with Gasteiger partial charge >= 0.3 is 0 Å². The minimum Gasteiger partial charge on any atom is -0.353 e. The van der Waals surface area contributed by atoms with Crippen LogP contribution in [0, 0.1) is 11.3 Å². The van der Waals surface area contributed by atoms with Gasteiger partial charge in [-0.25, -0.2) is 0 Å². The second-order valence-corrected chi connectivity index (χ2v) is 8.90. The number of para-hydroxylation sites is 1. The fourth-order valence-electron chi connectivity index (χ4n) is 3.71. The summed E-state index contributed by atoms with van der Waals surface area (Å²) < 4.78 is 1.66. The van der Waals surface area contributed by atoms with Crippen LogP contribution in [0.15, 0.2) is 35.5 Å². The molecule has 1 aromatic carbocycles. The van der Waals surface area contributed by atoms with Crippen LogP contribution in [0.1, 0.15) is 52.9 Å². The van der Waals surface area contributed by atoms with Crippen molar-refractivity contribution in [2.75, 3.05) is 5.75 Å². The van der Waals surface area contributed by atoms with Crippen molar-refractivity contribution in [2.45, 2.75) is 64.1 Å². The first kappa shape index (κ1) is 19.9. The zero-order valence-corrected chi connectivity index (χ0v) is 17.2. The highest BCUT2D eigenvalue weighted by Gasteiger charge is 2.32. The Morgan fingerprint density at radius 3 is 2.59 bits per heavy atom. The molecule has 1 heterocycles. The summed E-state index contributed by atoms with van der Waals surface area (Å²) in [5, 5.41) is 15.6. The quantitative estimate of drug-likeness (QED) is 0.730. The maximum absolute atomic E-state index is 12.4. The molecule has 2 aromatic rings. The summed E-state index contributed by atoms with van der Waals surface area (Å²) in [5.41, 5.74) is 1.29. The number of thioether (sulfide) groups is 1. The van der Waals surface area contributed by atoms with E-state index in [4.69, 9.17) is 0 Å². The van der Waals surface area contributed by atoms with Crippen LogP contribution in [0.3, 0.4) is 0 Å². The second-order valence-electron chi connectivity index (χ2n) is 7.96. The van der Waals surface area contributed by atoms with Gasteiger partial charge in [0.05, 0.1) is 11.4 Å². The van der Waals surface area contributed by atoms with Crippen LogP contribution in [0.4, 0.5) is 0 Å². The lowest BCUT2D eigenvalue weighted by Crippen LogP contribution is -2.40. The van der Waals surface area contributed by atoms with Gasteiger partial charge < -0.3 is 5.32 Å². The lowest BCUT2D eigenvalue weighted by Gasteiger charge is -2.39. The minimum atomic E-state index is 0.0563. The van der Waals surface area contributed by atoms with Gasteiger partial charge in [-0.1, -0.05) is 57.2 Å². The lowest BCUT2D eigenvalue weighted by molar-refractivity contribution is -0.119. The highest BCUT2D eigenvalue weighted by molar-refractivity contribution is 7.99. The number of hydrogen-bond donors (Lipinski definition) is 1. The van der Waals surface area contributed by atoms with E-state index in [-0.39, 0.29) is 5.91 Å². The summed E-state index contributed by atoms with van der Waals surface area (Å²) in [6, 6.07) is 10.0. The fraction of sp³-hybridized carbons (Fsp3) is 0.600. The standard InChI is InChI=1S/C20H29N5OS/c1-4-20(2,3)15-10-12-16(13-11-15)21-18(26)14-27-19-22-23-24-25(19)17-8-6-5-7-9-17/h5-9,15-16H,4,10-14H2,1-3H3,(H,21,26). The summed E-state index contributed by atoms with van der Waals surface area (Å²) in [5.74, 6) is 1.15. The van der Waals surface area contributed by atoms with E-state index >= 15 is 0 Å². The highest BCUT2D eigenvalue weighted by atomic mass is 32.2. The van der Waals surface area contributed by atoms with Gasteiger partial charge in [0, 0.05) is 6.04 Å². The first-order valence-electron chi connectivity index (χ1n) is 9.75. The maximum atomic E-state index is 12.4. The zero-order valence-electron chi connectivity index (χ0n) is 16.4. The summed E-state index contributed by atoms with van der Waals surface area (Å²) in [6.45, 7) is 7.00. The normalized spacial score (nSPS) is 20.4. The molecule has 0 radical (unpaired) electrons. The molecule has 0 atom stereocenters. The van der Waals surface area contributed by atoms with Crippen molar-refractivity contribution in [3.63, 3.8) is 0 Å². The molecule has 0 saturated heterocycles. The molecule has 3 rings (SSSR count). The summed E-state index contributed by atoms with van der Waals surface area (Å²) in [7, 11) is 0. The lowest BCUT2D eigenvalue weighted by atomic mass is 9.69. The average molecular weight is 388 g/mol. The van der Waals surface area contributed by atoms with Crippen molar-refractivity contribution in [2.24, 2.45) is 11.3 Å². The largest absolute Gasteiger partial charge is 0.353 e. The molecule has 1 aliphatic rings. The van der Waals surface area contributed by atoms with E-state index in [0.717, 1.165) is 24.4 Å². The second kappa shape index (κ2) is 8.87. The minimum absolute atomic E-state index is 0.0563. The Balaban J connectivity index is 1.47. The number of carbonyl (C=O) groups excluding carboxylic acids is 1. The molecule has 0 spiro atoms. The van der Waals surface area contributed by atoms with E-state index < -0.39 is 0 Å². The third-order valence-corrected chi connectivity index (χ3v) is 6.80. The van der Waals surface area contributed by atoms with E-state index in [2.05, 4.69) is 41.6 Å². The fourth-order valence-corrected chi connectivity index (χ4v) is 4.41. The topological polar surface area (TPSA) is 72.7 Å². The smallest absolute Gasteiger partial charge is 0.230 e. The Morgan fingerprint density at radius 1 is 1.22 bits per heavy atom. The number of aromatic nitrogens is 4. The Labute approximate surface area is 165 Å². The molecule has 0 bridgehead atoms. The number of rotatable bonds is 7. The molecule has 7 heteroatoms. The Hall–Kier alpha value is -1.89. The van der Waals surface area contributed by atoms with Gasteiger partial charge in [-0.15, -0.1) is 5.10 Å². The molecule has 6 nitrogen and oxygen atoms in total. The number of tetrazole rings is 1. The van der Waals surface area contributed by atoms with Gasteiger partial charge in [0.15, 0.2) is 0 Å². The van der Waals surface area contributed by atoms with Crippen LogP contribution in [-0.2, 0) is 4.79 Å². The molecule has 1 aliphatic carbocycles. The van der Waals surface area contributed by atoms with Crippen LogP contribution in [0.2, 0.25) is 0 Å². The summed E-state index contributed by atoms with van der Waals surface area (Å²) in [4.78, 5) is 12.4. The number of nitrogens with one attached hydrogen (secondary N) is 1. The predicted octanol–water partition coefficient (Wildman–Crippen LogP) is 3.87. The Morgan fingerprint density at radius 2 is 1.93 bits per heavy atom. The third-order valence-electron chi connectivity index (χ3n) is 5.88. The number of nitrogens with zero attached hydrogens (tertiary/aromatic N) is 4. The number of carbonyl (C=O) groups is 1. The predicted molar refractivity (Wildman–Crippen MR) is 108 cm³/mol. The van der Waals surface area contributed by atoms with Gasteiger partial charge in [-0.2, -0.15) is 4.68 Å². The number of amides is 1. The molecule has 27 heavy (non-hydrogen) atoms. The van der Waals surface area contributed by atoms with Gasteiger partial charge in [0.25, 0.3) is 0 Å². The van der Waals surface area contributed by atoms with E-state index in [0.29, 0.717) is 22.4 Å². The number of benzene rings is 1. The van der Waals surface area contributed by atoms with Crippen molar-refractivity contribution in [1.82, 2.24) is 25.5 Å². The van der Waals surface area contributed by atoms with E-state index in [1.807, 2.05) is 30.3 Å². The molecule has 1 saturated carbocycles. The molecule has 0 aliphatic heterocycles. The Bertz CT molecular complexity index is 738. The van der Waals surface area contributed by atoms with E-state index in [1.165, 1.54) is 31.0 Å². The molecule has 1 N–H and O–H groups in total. The molecular formula is C20H29N5OS. The molecule has 146 valence electrons. The summed E-state index contributed by atoms with van der Waals surface area (Å²) in [6.07, 6.45) is 5.76. The van der Waals surface area contributed by atoms with Crippen molar-refractivity contribution in [3.05, 3.63) is 30.3 Å². The molecule has 1 amide bonds. The van der Waals surface area contributed by atoms with Crippen LogP contribution < -0.4 is 5.32 Å². The molecule has 1 aromatic heterocycles. The van der Waals surface area contributed by atoms with Crippen LogP contribution in [0.5, 0.6) is 0 Å². The maximum Gasteiger partial charge on any atom is 0.230 e. The van der Waals surface area contributed by atoms with Crippen molar-refractivity contribution in [1.29, 1.82) is 0 Å². The Kier molecular flexibility index (Phi) is 6.52. The third kappa shape index (κ3) is 5.09. The molecular weight excluding hydrogens is 358 g/mol. The molecule has 0 unspecified atom stereocenters. The van der Waals surface area contributed by atoms with Crippen LogP contribution in [-0.4, -0.2) is 37.9 Å². The summed E-state index contributed by atoms with van der Waals surface area (Å²) >= 11 is 1.37. The van der Waals surface area contributed by atoms with Crippen molar-refractivity contribution >= 4 is 17.7 Å². The monoisotopic (exact) mass is 387 g/mol. The first-order valence-corrected chi connectivity index (χ1v) is 10.7. The van der Waals surface area contributed by atoms with Gasteiger partial charge in [-0.05, 0) is 59.6 Å². The zero-order chi connectivity index (χ0) is 19.3. The van der Waals surface area contributed by atoms with Crippen molar-refractivity contribution in [3.8, 4) is 5.69 Å². The molecule has 1 fully saturated rings. The van der Waals surface area contributed by atoms with Gasteiger partial charge in [0.2, 0.25) is 11.1 Å². The van der Waals surface area contributed by atoms with E-state index in [1.54, 1.807) is 4.68 Å². The van der Waals surface area contributed by atoms with Crippen LogP contribution in [0.25, 0.3) is 5.69 Å². The average Bonchev–Trinajstić information content (AvgIpc) is 3.16. The van der Waals surface area contributed by atoms with Crippen LogP contribution >= 0.6 is 11.8 Å². The highest BCUT2D eigenvalue weighted by Crippen LogP contribution is 2.40. The van der Waals surface area contributed by atoms with E-state index in [9.17, 15) is 4.79 Å². The first-order chi connectivity index (χ1) is 13.0. The van der Waals surface area contributed by atoms with Gasteiger partial charge in [-0.3, -0.25) is 4.79 Å².